The molecule has 0 radical (unpaired) electrons. The van der Waals surface area contributed by atoms with E-state index in [0.717, 1.165) is 18.8 Å². The molecule has 96 valence electrons. The standard InChI is InChI=1S/C11H10Br2N2O2S/c1-17-10-3-6(14-5-15-10)2-8(16)7-4-9(12)18-11(7)13/h3-5,8,16H,2H2,1H3. The van der Waals surface area contributed by atoms with Crippen molar-refractivity contribution < 1.29 is 9.84 Å². The third kappa shape index (κ3) is 3.28. The summed E-state index contributed by atoms with van der Waals surface area (Å²) < 4.78 is 6.92. The third-order valence-electron chi connectivity index (χ3n) is 2.35. The van der Waals surface area contributed by atoms with Crippen LogP contribution < -0.4 is 4.74 Å². The lowest BCUT2D eigenvalue weighted by molar-refractivity contribution is 0.177. The topological polar surface area (TPSA) is 55.2 Å². The number of aliphatic hydroxyl groups excluding tert-OH is 1. The zero-order chi connectivity index (χ0) is 13.1. The number of rotatable bonds is 4. The Morgan fingerprint density at radius 2 is 2.17 bits per heavy atom. The molecule has 1 atom stereocenters. The molecule has 18 heavy (non-hydrogen) atoms. The van der Waals surface area contributed by atoms with Gasteiger partial charge in [-0.2, -0.15) is 0 Å². The van der Waals surface area contributed by atoms with Crippen LogP contribution in [0.2, 0.25) is 0 Å². The molecule has 0 amide bonds. The van der Waals surface area contributed by atoms with Crippen molar-refractivity contribution in [1.82, 2.24) is 9.97 Å². The van der Waals surface area contributed by atoms with Crippen LogP contribution in [0.15, 0.2) is 26.0 Å². The molecular formula is C11H10Br2N2O2S. The van der Waals surface area contributed by atoms with E-state index in [-0.39, 0.29) is 0 Å². The van der Waals surface area contributed by atoms with Crippen molar-refractivity contribution >= 4 is 43.2 Å². The summed E-state index contributed by atoms with van der Waals surface area (Å²) in [5.74, 6) is 0.498. The highest BCUT2D eigenvalue weighted by atomic mass is 79.9. The van der Waals surface area contributed by atoms with Gasteiger partial charge >= 0.3 is 0 Å². The normalized spacial score (nSPS) is 12.4. The van der Waals surface area contributed by atoms with Crippen LogP contribution in [0.5, 0.6) is 5.88 Å². The van der Waals surface area contributed by atoms with Crippen LogP contribution in [0.1, 0.15) is 17.4 Å². The van der Waals surface area contributed by atoms with Crippen LogP contribution in [-0.2, 0) is 6.42 Å². The van der Waals surface area contributed by atoms with Crippen LogP contribution in [0.4, 0.5) is 0 Å². The summed E-state index contributed by atoms with van der Waals surface area (Å²) in [6.45, 7) is 0. The largest absolute Gasteiger partial charge is 0.481 e. The summed E-state index contributed by atoms with van der Waals surface area (Å²) >= 11 is 8.35. The van der Waals surface area contributed by atoms with E-state index in [1.54, 1.807) is 13.2 Å². The monoisotopic (exact) mass is 392 g/mol. The second-order valence-corrected chi connectivity index (χ2v) is 7.30. The van der Waals surface area contributed by atoms with Crippen molar-refractivity contribution in [2.45, 2.75) is 12.5 Å². The van der Waals surface area contributed by atoms with Gasteiger partial charge < -0.3 is 9.84 Å². The average molecular weight is 394 g/mol. The van der Waals surface area contributed by atoms with Gasteiger partial charge in [0.2, 0.25) is 5.88 Å². The summed E-state index contributed by atoms with van der Waals surface area (Å²) in [6.07, 6.45) is 1.24. The number of aromatic nitrogens is 2. The summed E-state index contributed by atoms with van der Waals surface area (Å²) in [6, 6.07) is 3.62. The minimum absolute atomic E-state index is 0.417. The number of ether oxygens (including phenoxy) is 1. The summed E-state index contributed by atoms with van der Waals surface area (Å²) in [5, 5.41) is 10.2. The van der Waals surface area contributed by atoms with Crippen LogP contribution in [0.25, 0.3) is 0 Å². The molecule has 0 saturated carbocycles. The van der Waals surface area contributed by atoms with Crippen molar-refractivity contribution in [3.05, 3.63) is 37.3 Å². The predicted octanol–water partition coefficient (Wildman–Crippen LogP) is 3.35. The molecule has 0 aliphatic carbocycles. The Kier molecular flexibility index (Phi) is 4.71. The summed E-state index contributed by atoms with van der Waals surface area (Å²) in [7, 11) is 1.55. The van der Waals surface area contributed by atoms with Crippen LogP contribution in [-0.4, -0.2) is 22.2 Å². The van der Waals surface area contributed by atoms with E-state index >= 15 is 0 Å². The number of methoxy groups -OCH3 is 1. The van der Waals surface area contributed by atoms with E-state index in [9.17, 15) is 5.11 Å². The first kappa shape index (κ1) is 13.9. The quantitative estimate of drug-likeness (QED) is 0.865. The second kappa shape index (κ2) is 6.10. The lowest BCUT2D eigenvalue weighted by atomic mass is 10.1. The Balaban J connectivity index is 2.15. The number of nitrogens with zero attached hydrogens (tertiary/aromatic N) is 2. The second-order valence-electron chi connectivity index (χ2n) is 3.55. The van der Waals surface area contributed by atoms with Gasteiger partial charge in [0.05, 0.1) is 26.5 Å². The van der Waals surface area contributed by atoms with E-state index in [2.05, 4.69) is 41.8 Å². The molecule has 1 N–H and O–H groups in total. The smallest absolute Gasteiger partial charge is 0.216 e. The molecule has 0 fully saturated rings. The lowest BCUT2D eigenvalue weighted by Crippen LogP contribution is -2.03. The molecule has 1 unspecified atom stereocenters. The van der Waals surface area contributed by atoms with E-state index < -0.39 is 6.10 Å². The first-order chi connectivity index (χ1) is 8.60. The van der Waals surface area contributed by atoms with Crippen molar-refractivity contribution in [3.8, 4) is 5.88 Å². The SMILES string of the molecule is COc1cc(CC(O)c2cc(Br)sc2Br)ncn1. The van der Waals surface area contributed by atoms with Crippen molar-refractivity contribution in [2.24, 2.45) is 0 Å². The molecule has 4 nitrogen and oxygen atoms in total. The maximum atomic E-state index is 10.2. The van der Waals surface area contributed by atoms with Gasteiger partial charge in [-0.15, -0.1) is 11.3 Å². The first-order valence-electron chi connectivity index (χ1n) is 5.08. The van der Waals surface area contributed by atoms with Gasteiger partial charge in [-0.3, -0.25) is 0 Å². The molecule has 2 rings (SSSR count). The van der Waals surface area contributed by atoms with Crippen molar-refractivity contribution in [1.29, 1.82) is 0 Å². The predicted molar refractivity (Wildman–Crippen MR) is 77.0 cm³/mol. The molecule has 0 aromatic carbocycles. The molecule has 0 saturated heterocycles. The van der Waals surface area contributed by atoms with E-state index in [0.29, 0.717) is 12.3 Å². The van der Waals surface area contributed by atoms with Gasteiger partial charge in [-0.1, -0.05) is 0 Å². The highest BCUT2D eigenvalue weighted by molar-refractivity contribution is 9.12. The Bertz CT molecular complexity index is 548. The number of halogens is 2. The fraction of sp³-hybridized carbons (Fsp3) is 0.273. The molecule has 2 aromatic rings. The van der Waals surface area contributed by atoms with Crippen LogP contribution in [0.3, 0.4) is 0 Å². The molecule has 0 aliphatic rings. The molecule has 0 spiro atoms. The van der Waals surface area contributed by atoms with E-state index in [1.165, 1.54) is 17.7 Å². The van der Waals surface area contributed by atoms with Crippen molar-refractivity contribution in [3.63, 3.8) is 0 Å². The van der Waals surface area contributed by atoms with Crippen LogP contribution in [0, 0.1) is 0 Å². The summed E-state index contributed by atoms with van der Waals surface area (Å²) in [4.78, 5) is 8.04. The average Bonchev–Trinajstić information content (AvgIpc) is 2.69. The maximum absolute atomic E-state index is 10.2. The van der Waals surface area contributed by atoms with Crippen molar-refractivity contribution in [2.75, 3.05) is 7.11 Å². The van der Waals surface area contributed by atoms with E-state index in [1.807, 2.05) is 6.07 Å². The zero-order valence-corrected chi connectivity index (χ0v) is 13.4. The number of hydrogen-bond donors (Lipinski definition) is 1. The highest BCUT2D eigenvalue weighted by Gasteiger charge is 2.16. The number of aliphatic hydroxyl groups is 1. The third-order valence-corrected chi connectivity index (χ3v) is 4.74. The van der Waals surface area contributed by atoms with Gasteiger partial charge in [-0.25, -0.2) is 9.97 Å². The molecule has 2 aromatic heterocycles. The number of hydrogen-bond acceptors (Lipinski definition) is 5. The zero-order valence-electron chi connectivity index (χ0n) is 9.43. The maximum Gasteiger partial charge on any atom is 0.216 e. The van der Waals surface area contributed by atoms with E-state index in [4.69, 9.17) is 4.74 Å². The Labute approximate surface area is 125 Å². The molecule has 0 bridgehead atoms. The fourth-order valence-electron chi connectivity index (χ4n) is 1.49. The van der Waals surface area contributed by atoms with Gasteiger partial charge in [0.25, 0.3) is 0 Å². The number of thiophene rings is 1. The molecular weight excluding hydrogens is 384 g/mol. The Morgan fingerprint density at radius 1 is 1.39 bits per heavy atom. The first-order valence-corrected chi connectivity index (χ1v) is 7.48. The molecule has 2 heterocycles. The van der Waals surface area contributed by atoms with Gasteiger partial charge in [0, 0.05) is 18.1 Å². The van der Waals surface area contributed by atoms with Gasteiger partial charge in [-0.05, 0) is 37.9 Å². The minimum atomic E-state index is -0.610. The molecule has 7 heteroatoms. The summed E-state index contributed by atoms with van der Waals surface area (Å²) in [5.41, 5.74) is 1.59. The molecule has 0 aliphatic heterocycles. The van der Waals surface area contributed by atoms with Gasteiger partial charge in [0.1, 0.15) is 6.33 Å². The van der Waals surface area contributed by atoms with Crippen LogP contribution >= 0.6 is 43.2 Å². The fourth-order valence-corrected chi connectivity index (χ4v) is 4.44. The highest BCUT2D eigenvalue weighted by Crippen LogP contribution is 2.36. The lowest BCUT2D eigenvalue weighted by Gasteiger charge is -2.09. The van der Waals surface area contributed by atoms with Gasteiger partial charge in [0.15, 0.2) is 0 Å². The Hall–Kier alpha value is -0.500. The Morgan fingerprint density at radius 3 is 2.78 bits per heavy atom. The minimum Gasteiger partial charge on any atom is -0.481 e.